The van der Waals surface area contributed by atoms with Crippen LogP contribution in [0.3, 0.4) is 0 Å². The molecule has 0 saturated carbocycles. The van der Waals surface area contributed by atoms with E-state index in [9.17, 15) is 4.79 Å². The normalized spacial score (nSPS) is 9.63. The monoisotopic (exact) mass is 316 g/mol. The molecule has 0 aliphatic rings. The van der Waals surface area contributed by atoms with E-state index in [4.69, 9.17) is 23.2 Å². The first-order chi connectivity index (χ1) is 8.58. The van der Waals surface area contributed by atoms with Crippen molar-refractivity contribution in [3.63, 3.8) is 0 Å². The Morgan fingerprint density at radius 1 is 1.16 bits per heavy atom. The molecule has 1 N–H and O–H groups in total. The summed E-state index contributed by atoms with van der Waals surface area (Å²) in [6, 6.07) is 10.4. The molecule has 0 saturated heterocycles. The van der Waals surface area contributed by atoms with Gasteiger partial charge < -0.3 is 12.4 Å². The van der Waals surface area contributed by atoms with Crippen molar-refractivity contribution in [2.75, 3.05) is 5.43 Å². The van der Waals surface area contributed by atoms with Gasteiger partial charge in [0.1, 0.15) is 0 Å². The Kier molecular flexibility index (Phi) is 5.60. The van der Waals surface area contributed by atoms with Gasteiger partial charge in [-0.15, -0.1) is 5.43 Å². The highest BCUT2D eigenvalue weighted by atomic mass is 35.5. The van der Waals surface area contributed by atoms with E-state index in [1.165, 1.54) is 6.07 Å². The molecule has 6 heteroatoms. The van der Waals surface area contributed by atoms with E-state index < -0.39 is 0 Å². The summed E-state index contributed by atoms with van der Waals surface area (Å²) in [6.07, 6.45) is 1.77. The summed E-state index contributed by atoms with van der Waals surface area (Å²) < 4.78 is 1.64. The number of amides is 1. The van der Waals surface area contributed by atoms with E-state index in [0.717, 1.165) is 5.69 Å². The zero-order valence-electron chi connectivity index (χ0n) is 10.0. The minimum Gasteiger partial charge on any atom is -1.00 e. The van der Waals surface area contributed by atoms with Crippen LogP contribution in [0.1, 0.15) is 16.1 Å². The predicted molar refractivity (Wildman–Crippen MR) is 71.5 cm³/mol. The molecule has 100 valence electrons. The zero-order chi connectivity index (χ0) is 13.1. The van der Waals surface area contributed by atoms with Gasteiger partial charge in [-0.3, -0.25) is 4.79 Å². The zero-order valence-corrected chi connectivity index (χ0v) is 12.3. The van der Waals surface area contributed by atoms with E-state index in [1.807, 2.05) is 25.1 Å². The van der Waals surface area contributed by atoms with Crippen LogP contribution in [-0.2, 0) is 0 Å². The lowest BCUT2D eigenvalue weighted by Crippen LogP contribution is -3.00. The fourth-order valence-corrected chi connectivity index (χ4v) is 1.76. The third-order valence-corrected chi connectivity index (χ3v) is 3.21. The van der Waals surface area contributed by atoms with Crippen molar-refractivity contribution in [3.05, 3.63) is 63.9 Å². The quantitative estimate of drug-likeness (QED) is 0.776. The topological polar surface area (TPSA) is 33.0 Å². The minimum atomic E-state index is -0.243. The van der Waals surface area contributed by atoms with Crippen LogP contribution in [0.5, 0.6) is 0 Å². The van der Waals surface area contributed by atoms with Crippen LogP contribution >= 0.6 is 23.2 Å². The lowest BCUT2D eigenvalue weighted by Gasteiger charge is -2.03. The maximum atomic E-state index is 12.0. The Morgan fingerprint density at radius 2 is 1.89 bits per heavy atom. The number of hydrogen-bond donors (Lipinski definition) is 1. The second-order valence-electron chi connectivity index (χ2n) is 3.78. The molecule has 1 heterocycles. The van der Waals surface area contributed by atoms with Crippen LogP contribution in [0.15, 0.2) is 42.6 Å². The number of nitrogens with one attached hydrogen (secondary N) is 1. The number of pyridine rings is 1. The van der Waals surface area contributed by atoms with E-state index in [-0.39, 0.29) is 18.3 Å². The summed E-state index contributed by atoms with van der Waals surface area (Å²) in [4.78, 5) is 12.0. The van der Waals surface area contributed by atoms with Gasteiger partial charge in [0.25, 0.3) is 0 Å². The number of halogens is 3. The highest BCUT2D eigenvalue weighted by molar-refractivity contribution is 6.42. The molecule has 0 fully saturated rings. The molecule has 1 aromatic heterocycles. The molecular weight excluding hydrogens is 307 g/mol. The van der Waals surface area contributed by atoms with Gasteiger partial charge in [-0.05, 0) is 24.3 Å². The number of aryl methyl sites for hydroxylation is 1. The van der Waals surface area contributed by atoms with E-state index >= 15 is 0 Å². The molecular formula is C13H11Cl3N2O. The molecule has 1 amide bonds. The number of rotatable bonds is 2. The molecule has 0 aliphatic carbocycles. The third-order valence-electron chi connectivity index (χ3n) is 2.47. The van der Waals surface area contributed by atoms with Crippen LogP contribution < -0.4 is 22.5 Å². The smallest absolute Gasteiger partial charge is 0.305 e. The van der Waals surface area contributed by atoms with Crippen molar-refractivity contribution in [2.45, 2.75) is 6.92 Å². The van der Waals surface area contributed by atoms with Crippen LogP contribution in [0.25, 0.3) is 0 Å². The number of hydrogen-bond acceptors (Lipinski definition) is 1. The van der Waals surface area contributed by atoms with Gasteiger partial charge in [0.05, 0.1) is 10.0 Å². The Morgan fingerprint density at radius 3 is 2.53 bits per heavy atom. The lowest BCUT2D eigenvalue weighted by atomic mass is 10.2. The van der Waals surface area contributed by atoms with E-state index in [0.29, 0.717) is 15.6 Å². The summed E-state index contributed by atoms with van der Waals surface area (Å²) in [6.45, 7) is 1.90. The summed E-state index contributed by atoms with van der Waals surface area (Å²) >= 11 is 11.7. The molecule has 0 radical (unpaired) electrons. The van der Waals surface area contributed by atoms with Crippen molar-refractivity contribution in [1.82, 2.24) is 0 Å². The standard InChI is InChI=1S/C13H10Cl2N2O.ClH/c1-9-4-2-3-7-17(9)16-13(18)10-5-6-11(14)12(15)8-10;/h2-8H,1H3;1H. The Balaban J connectivity index is 0.00000180. The SMILES string of the molecule is Cc1cccc[n+]1NC(=O)c1ccc(Cl)c(Cl)c1.[Cl-]. The highest BCUT2D eigenvalue weighted by Crippen LogP contribution is 2.22. The second kappa shape index (κ2) is 6.75. The molecule has 19 heavy (non-hydrogen) atoms. The molecule has 0 bridgehead atoms. The summed E-state index contributed by atoms with van der Waals surface area (Å²) in [5.74, 6) is -0.243. The number of benzene rings is 1. The van der Waals surface area contributed by atoms with Crippen LogP contribution in [0.2, 0.25) is 10.0 Å². The van der Waals surface area contributed by atoms with E-state index in [2.05, 4.69) is 5.43 Å². The Bertz CT molecular complexity index is 602. The van der Waals surface area contributed by atoms with E-state index in [1.54, 1.807) is 23.0 Å². The number of aromatic nitrogens is 1. The Labute approximate surface area is 127 Å². The van der Waals surface area contributed by atoms with Crippen LogP contribution in [0, 0.1) is 6.92 Å². The van der Waals surface area contributed by atoms with Gasteiger partial charge >= 0.3 is 5.91 Å². The van der Waals surface area contributed by atoms with Gasteiger partial charge in [-0.25, -0.2) is 0 Å². The molecule has 2 rings (SSSR count). The van der Waals surface area contributed by atoms with Gasteiger partial charge in [-0.1, -0.05) is 27.9 Å². The van der Waals surface area contributed by atoms with Crippen molar-refractivity contribution in [2.24, 2.45) is 0 Å². The summed E-state index contributed by atoms with van der Waals surface area (Å²) in [7, 11) is 0. The summed E-state index contributed by atoms with van der Waals surface area (Å²) in [5, 5.41) is 0.788. The average Bonchev–Trinajstić information content (AvgIpc) is 2.35. The molecule has 1 aromatic carbocycles. The van der Waals surface area contributed by atoms with Crippen molar-refractivity contribution in [3.8, 4) is 0 Å². The van der Waals surface area contributed by atoms with Crippen LogP contribution in [-0.4, -0.2) is 5.91 Å². The first-order valence-electron chi connectivity index (χ1n) is 5.31. The van der Waals surface area contributed by atoms with Gasteiger partial charge in [0.15, 0.2) is 6.20 Å². The number of nitrogens with zero attached hydrogens (tertiary/aromatic N) is 1. The predicted octanol–water partition coefficient (Wildman–Crippen LogP) is -0.0228. The minimum absolute atomic E-state index is 0. The second-order valence-corrected chi connectivity index (χ2v) is 4.60. The summed E-state index contributed by atoms with van der Waals surface area (Å²) in [5.41, 5.74) is 4.13. The maximum Gasteiger partial charge on any atom is 0.305 e. The van der Waals surface area contributed by atoms with Crippen molar-refractivity contribution < 1.29 is 21.9 Å². The van der Waals surface area contributed by atoms with Crippen LogP contribution in [0.4, 0.5) is 0 Å². The van der Waals surface area contributed by atoms with Crippen molar-refractivity contribution >= 4 is 29.1 Å². The molecule has 0 atom stereocenters. The first-order valence-corrected chi connectivity index (χ1v) is 6.07. The molecule has 3 nitrogen and oxygen atoms in total. The first kappa shape index (κ1) is 15.8. The maximum absolute atomic E-state index is 12.0. The molecule has 0 spiro atoms. The van der Waals surface area contributed by atoms with Crippen molar-refractivity contribution in [1.29, 1.82) is 0 Å². The van der Waals surface area contributed by atoms with Gasteiger partial charge in [-0.2, -0.15) is 0 Å². The number of carbonyl (C=O) groups excluding carboxylic acids is 1. The average molecular weight is 318 g/mol. The Hall–Kier alpha value is -1.29. The molecule has 2 aromatic rings. The highest BCUT2D eigenvalue weighted by Gasteiger charge is 2.13. The fourth-order valence-electron chi connectivity index (χ4n) is 1.47. The van der Waals surface area contributed by atoms with Gasteiger partial charge in [0, 0.05) is 24.6 Å². The van der Waals surface area contributed by atoms with Gasteiger partial charge in [0.2, 0.25) is 5.69 Å². The fraction of sp³-hybridized carbons (Fsp3) is 0.0769. The lowest BCUT2D eigenvalue weighted by molar-refractivity contribution is -0.647. The molecule has 0 unspecified atom stereocenters. The largest absolute Gasteiger partial charge is 1.00 e. The molecule has 0 aliphatic heterocycles. The third kappa shape index (κ3) is 3.83. The number of carbonyl (C=O) groups is 1.